The van der Waals surface area contributed by atoms with Gasteiger partial charge in [-0.25, -0.2) is 0 Å². The molecular formula is C17H19NO2. The highest BCUT2D eigenvalue weighted by molar-refractivity contribution is 5.88. The molecule has 104 valence electrons. The molecule has 0 aliphatic rings. The number of carbonyl (C=O) groups excluding carboxylic acids is 1. The minimum Gasteiger partial charge on any atom is -0.497 e. The molecule has 0 aliphatic heterocycles. The van der Waals surface area contributed by atoms with Gasteiger partial charge in [0.15, 0.2) is 0 Å². The fourth-order valence-electron chi connectivity index (χ4n) is 2.01. The zero-order valence-electron chi connectivity index (χ0n) is 12.1. The van der Waals surface area contributed by atoms with Crippen LogP contribution in [0.1, 0.15) is 19.4 Å². The van der Waals surface area contributed by atoms with E-state index in [9.17, 15) is 4.79 Å². The van der Waals surface area contributed by atoms with Crippen molar-refractivity contribution in [2.24, 2.45) is 0 Å². The highest BCUT2D eigenvalue weighted by Crippen LogP contribution is 2.21. The van der Waals surface area contributed by atoms with Gasteiger partial charge in [0.2, 0.25) is 5.91 Å². The van der Waals surface area contributed by atoms with E-state index < -0.39 is 0 Å². The maximum Gasteiger partial charge on any atom is 0.244 e. The highest BCUT2D eigenvalue weighted by Gasteiger charge is 2.01. The molecule has 0 aromatic heterocycles. The van der Waals surface area contributed by atoms with Crippen LogP contribution in [0.2, 0.25) is 0 Å². The van der Waals surface area contributed by atoms with Crippen LogP contribution in [0.15, 0.2) is 48.0 Å². The molecule has 3 nitrogen and oxygen atoms in total. The van der Waals surface area contributed by atoms with E-state index in [1.54, 1.807) is 13.2 Å². The van der Waals surface area contributed by atoms with Gasteiger partial charge in [0.05, 0.1) is 7.11 Å². The summed E-state index contributed by atoms with van der Waals surface area (Å²) in [5.41, 5.74) is 2.08. The summed E-state index contributed by atoms with van der Waals surface area (Å²) < 4.78 is 5.20. The second-order valence-electron chi connectivity index (χ2n) is 4.99. The fourth-order valence-corrected chi connectivity index (χ4v) is 2.01. The summed E-state index contributed by atoms with van der Waals surface area (Å²) in [7, 11) is 1.66. The quantitative estimate of drug-likeness (QED) is 0.864. The largest absolute Gasteiger partial charge is 0.497 e. The Morgan fingerprint density at radius 3 is 2.55 bits per heavy atom. The highest BCUT2D eigenvalue weighted by atomic mass is 16.5. The van der Waals surface area contributed by atoms with Crippen molar-refractivity contribution in [1.29, 1.82) is 0 Å². The molecule has 0 atom stereocenters. The Morgan fingerprint density at radius 1 is 1.15 bits per heavy atom. The molecule has 1 N–H and O–H groups in total. The number of amides is 1. The molecule has 0 heterocycles. The Balaban J connectivity index is 2.12. The number of benzene rings is 2. The minimum atomic E-state index is -0.0557. The van der Waals surface area contributed by atoms with Crippen LogP contribution in [0.25, 0.3) is 10.8 Å². The van der Waals surface area contributed by atoms with Gasteiger partial charge >= 0.3 is 0 Å². The third kappa shape index (κ3) is 3.60. The van der Waals surface area contributed by atoms with Gasteiger partial charge in [-0.05, 0) is 48.4 Å². The van der Waals surface area contributed by atoms with Crippen LogP contribution in [0.5, 0.6) is 5.75 Å². The van der Waals surface area contributed by atoms with Crippen molar-refractivity contribution >= 4 is 16.7 Å². The van der Waals surface area contributed by atoms with E-state index >= 15 is 0 Å². The molecule has 3 heteroatoms. The second-order valence-corrected chi connectivity index (χ2v) is 4.99. The van der Waals surface area contributed by atoms with Crippen LogP contribution in [0.3, 0.4) is 0 Å². The normalized spacial score (nSPS) is 10.2. The first-order chi connectivity index (χ1) is 9.58. The zero-order valence-corrected chi connectivity index (χ0v) is 12.1. The van der Waals surface area contributed by atoms with Gasteiger partial charge in [0, 0.05) is 12.6 Å². The maximum absolute atomic E-state index is 11.6. The standard InChI is InChI=1S/C17H19NO2/c1-12(2)8-17(19)18-11-13-4-5-15-10-16(20-3)7-6-14(15)9-13/h4-10H,11H2,1-3H3,(H,18,19). The van der Waals surface area contributed by atoms with Crippen LogP contribution in [-0.4, -0.2) is 13.0 Å². The molecule has 0 fully saturated rings. The first-order valence-electron chi connectivity index (χ1n) is 6.58. The van der Waals surface area contributed by atoms with Gasteiger partial charge in [-0.1, -0.05) is 23.8 Å². The van der Waals surface area contributed by atoms with Crippen molar-refractivity contribution in [2.45, 2.75) is 20.4 Å². The van der Waals surface area contributed by atoms with E-state index in [1.165, 1.54) is 0 Å². The fraction of sp³-hybridized carbons (Fsp3) is 0.235. The molecule has 1 amide bonds. The zero-order chi connectivity index (χ0) is 14.5. The number of carbonyl (C=O) groups is 1. The maximum atomic E-state index is 11.6. The van der Waals surface area contributed by atoms with Gasteiger partial charge in [0.1, 0.15) is 5.75 Å². The first-order valence-corrected chi connectivity index (χ1v) is 6.58. The van der Waals surface area contributed by atoms with Crippen molar-refractivity contribution in [2.75, 3.05) is 7.11 Å². The Kier molecular flexibility index (Phi) is 4.41. The predicted molar refractivity (Wildman–Crippen MR) is 81.8 cm³/mol. The molecule has 2 rings (SSSR count). The van der Waals surface area contributed by atoms with Crippen LogP contribution in [0, 0.1) is 0 Å². The summed E-state index contributed by atoms with van der Waals surface area (Å²) in [4.78, 5) is 11.6. The average molecular weight is 269 g/mol. The molecule has 0 bridgehead atoms. The Hall–Kier alpha value is -2.29. The van der Waals surface area contributed by atoms with E-state index in [0.717, 1.165) is 27.7 Å². The van der Waals surface area contributed by atoms with E-state index in [2.05, 4.69) is 11.4 Å². The van der Waals surface area contributed by atoms with Crippen molar-refractivity contribution in [3.8, 4) is 5.75 Å². The Morgan fingerprint density at radius 2 is 1.85 bits per heavy atom. The van der Waals surface area contributed by atoms with Crippen LogP contribution in [-0.2, 0) is 11.3 Å². The number of hydrogen-bond acceptors (Lipinski definition) is 2. The summed E-state index contributed by atoms with van der Waals surface area (Å²) >= 11 is 0. The molecule has 2 aromatic rings. The average Bonchev–Trinajstić information content (AvgIpc) is 2.43. The van der Waals surface area contributed by atoms with Crippen molar-refractivity contribution in [3.05, 3.63) is 53.6 Å². The van der Waals surface area contributed by atoms with E-state index in [0.29, 0.717) is 6.54 Å². The van der Waals surface area contributed by atoms with Gasteiger partial charge in [-0.2, -0.15) is 0 Å². The van der Waals surface area contributed by atoms with Crippen LogP contribution < -0.4 is 10.1 Å². The summed E-state index contributed by atoms with van der Waals surface area (Å²) in [6, 6.07) is 12.1. The summed E-state index contributed by atoms with van der Waals surface area (Å²) in [6.07, 6.45) is 1.60. The van der Waals surface area contributed by atoms with Crippen molar-refractivity contribution in [3.63, 3.8) is 0 Å². The molecule has 0 spiro atoms. The lowest BCUT2D eigenvalue weighted by atomic mass is 10.1. The third-order valence-corrected chi connectivity index (χ3v) is 3.00. The van der Waals surface area contributed by atoms with Crippen molar-refractivity contribution < 1.29 is 9.53 Å². The van der Waals surface area contributed by atoms with Crippen LogP contribution >= 0.6 is 0 Å². The van der Waals surface area contributed by atoms with Gasteiger partial charge in [-0.3, -0.25) is 4.79 Å². The van der Waals surface area contributed by atoms with Gasteiger partial charge < -0.3 is 10.1 Å². The number of fused-ring (bicyclic) bond motifs is 1. The second kappa shape index (κ2) is 6.24. The SMILES string of the molecule is COc1ccc2cc(CNC(=O)C=C(C)C)ccc2c1. The number of methoxy groups -OCH3 is 1. The number of hydrogen-bond donors (Lipinski definition) is 1. The molecular weight excluding hydrogens is 250 g/mol. The summed E-state index contributed by atoms with van der Waals surface area (Å²) in [6.45, 7) is 4.34. The number of ether oxygens (including phenoxy) is 1. The number of rotatable bonds is 4. The molecule has 0 aliphatic carbocycles. The Labute approximate surface area is 119 Å². The number of nitrogens with one attached hydrogen (secondary N) is 1. The lowest BCUT2D eigenvalue weighted by molar-refractivity contribution is -0.116. The topological polar surface area (TPSA) is 38.3 Å². The van der Waals surface area contributed by atoms with Gasteiger partial charge in [0.25, 0.3) is 0 Å². The molecule has 0 radical (unpaired) electrons. The van der Waals surface area contributed by atoms with E-state index in [1.807, 2.05) is 44.2 Å². The third-order valence-electron chi connectivity index (χ3n) is 3.00. The monoisotopic (exact) mass is 269 g/mol. The van der Waals surface area contributed by atoms with Gasteiger partial charge in [-0.15, -0.1) is 0 Å². The lowest BCUT2D eigenvalue weighted by Gasteiger charge is -2.06. The first kappa shape index (κ1) is 14.1. The lowest BCUT2D eigenvalue weighted by Crippen LogP contribution is -2.20. The summed E-state index contributed by atoms with van der Waals surface area (Å²) in [5.74, 6) is 0.793. The minimum absolute atomic E-state index is 0.0557. The molecule has 20 heavy (non-hydrogen) atoms. The number of allylic oxidation sites excluding steroid dienone is 1. The smallest absolute Gasteiger partial charge is 0.244 e. The van der Waals surface area contributed by atoms with E-state index in [-0.39, 0.29) is 5.91 Å². The molecule has 0 unspecified atom stereocenters. The van der Waals surface area contributed by atoms with Crippen molar-refractivity contribution in [1.82, 2.24) is 5.32 Å². The Bertz CT molecular complexity index is 655. The molecule has 0 saturated carbocycles. The molecule has 2 aromatic carbocycles. The van der Waals surface area contributed by atoms with Crippen LogP contribution in [0.4, 0.5) is 0 Å². The molecule has 0 saturated heterocycles. The summed E-state index contributed by atoms with van der Waals surface area (Å²) in [5, 5.41) is 5.14. The van der Waals surface area contributed by atoms with E-state index in [4.69, 9.17) is 4.74 Å². The predicted octanol–water partition coefficient (Wildman–Crippen LogP) is 3.43.